The third-order valence-corrected chi connectivity index (χ3v) is 3.76. The lowest BCUT2D eigenvalue weighted by atomic mass is 10.4. The number of hydrogen-bond acceptors (Lipinski definition) is 5. The Balaban J connectivity index is 2.06. The van der Waals surface area contributed by atoms with E-state index in [4.69, 9.17) is 5.11 Å². The van der Waals surface area contributed by atoms with Crippen LogP contribution >= 0.6 is 0 Å². The van der Waals surface area contributed by atoms with Crippen molar-refractivity contribution < 1.29 is 18.3 Å². The molecule has 3 N–H and O–H groups in total. The van der Waals surface area contributed by atoms with Crippen LogP contribution in [0.5, 0.6) is 0 Å². The van der Waals surface area contributed by atoms with Gasteiger partial charge in [0.15, 0.2) is 5.03 Å². The van der Waals surface area contributed by atoms with Crippen LogP contribution in [0.2, 0.25) is 0 Å². The number of carbonyl (C=O) groups is 1. The number of H-pyrrole nitrogens is 1. The molecule has 0 radical (unpaired) electrons. The Hall–Kier alpha value is -2.20. The molecule has 102 valence electrons. The van der Waals surface area contributed by atoms with Crippen molar-refractivity contribution in [2.24, 2.45) is 0 Å². The van der Waals surface area contributed by atoms with Gasteiger partial charge in [0, 0.05) is 25.5 Å². The summed E-state index contributed by atoms with van der Waals surface area (Å²) in [7, 11) is -3.93. The number of nitrogens with zero attached hydrogens (tertiary/aromatic N) is 3. The molecule has 0 aliphatic rings. The first kappa shape index (κ1) is 13.2. The number of rotatable bonds is 6. The molecule has 10 heteroatoms. The minimum Gasteiger partial charge on any atom is -0.478 e. The average molecular weight is 285 g/mol. The summed E-state index contributed by atoms with van der Waals surface area (Å²) in [5.74, 6) is -1.36. The molecule has 2 rings (SSSR count). The number of nitrogens with one attached hydrogen (secondary N) is 2. The van der Waals surface area contributed by atoms with Gasteiger partial charge in [-0.1, -0.05) is 0 Å². The normalized spacial score (nSPS) is 11.6. The zero-order chi connectivity index (χ0) is 13.9. The highest BCUT2D eigenvalue weighted by Crippen LogP contribution is 2.11. The Bertz CT molecular complexity index is 661. The second-order valence-electron chi connectivity index (χ2n) is 3.62. The van der Waals surface area contributed by atoms with Crippen LogP contribution in [0.4, 0.5) is 0 Å². The monoisotopic (exact) mass is 285 g/mol. The van der Waals surface area contributed by atoms with E-state index in [2.05, 4.69) is 19.9 Å². The van der Waals surface area contributed by atoms with Gasteiger partial charge >= 0.3 is 5.97 Å². The van der Waals surface area contributed by atoms with E-state index in [1.165, 1.54) is 0 Å². The van der Waals surface area contributed by atoms with Crippen LogP contribution in [0.3, 0.4) is 0 Å². The average Bonchev–Trinajstić information content (AvgIpc) is 2.99. The van der Waals surface area contributed by atoms with Gasteiger partial charge in [-0.3, -0.25) is 5.10 Å². The van der Waals surface area contributed by atoms with E-state index < -0.39 is 26.6 Å². The first-order valence-electron chi connectivity index (χ1n) is 5.23. The van der Waals surface area contributed by atoms with Crippen LogP contribution in [0.25, 0.3) is 0 Å². The molecule has 0 aliphatic carbocycles. The molecule has 0 fully saturated rings. The topological polar surface area (TPSA) is 130 Å². The van der Waals surface area contributed by atoms with Crippen LogP contribution < -0.4 is 4.72 Å². The molecule has 0 saturated carbocycles. The molecule has 2 heterocycles. The zero-order valence-corrected chi connectivity index (χ0v) is 10.5. The lowest BCUT2D eigenvalue weighted by molar-refractivity contribution is 0.0692. The fourth-order valence-electron chi connectivity index (χ4n) is 1.43. The van der Waals surface area contributed by atoms with Crippen molar-refractivity contribution in [2.75, 3.05) is 6.54 Å². The predicted octanol–water partition coefficient (Wildman–Crippen LogP) is -0.717. The Morgan fingerprint density at radius 1 is 1.53 bits per heavy atom. The SMILES string of the molecule is O=C(O)c1cn[nH]c1S(=O)(=O)NCCn1ccnc1. The number of carboxylic acids is 1. The summed E-state index contributed by atoms with van der Waals surface area (Å²) < 4.78 is 27.7. The largest absolute Gasteiger partial charge is 0.478 e. The Morgan fingerprint density at radius 3 is 2.95 bits per heavy atom. The van der Waals surface area contributed by atoms with E-state index in [9.17, 15) is 13.2 Å². The zero-order valence-electron chi connectivity index (χ0n) is 9.65. The number of aromatic amines is 1. The second kappa shape index (κ2) is 5.20. The van der Waals surface area contributed by atoms with Gasteiger partial charge in [0.05, 0.1) is 12.5 Å². The number of aromatic nitrogens is 4. The highest BCUT2D eigenvalue weighted by atomic mass is 32.2. The fourth-order valence-corrected chi connectivity index (χ4v) is 2.54. The van der Waals surface area contributed by atoms with E-state index in [1.807, 2.05) is 0 Å². The van der Waals surface area contributed by atoms with Crippen molar-refractivity contribution in [1.29, 1.82) is 0 Å². The van der Waals surface area contributed by atoms with E-state index in [-0.39, 0.29) is 6.54 Å². The smallest absolute Gasteiger partial charge is 0.340 e. The van der Waals surface area contributed by atoms with Crippen LogP contribution in [0.1, 0.15) is 10.4 Å². The van der Waals surface area contributed by atoms with Crippen LogP contribution in [-0.2, 0) is 16.6 Å². The van der Waals surface area contributed by atoms with Crippen LogP contribution in [-0.4, -0.2) is 45.8 Å². The van der Waals surface area contributed by atoms with E-state index in [0.29, 0.717) is 6.54 Å². The third-order valence-electron chi connectivity index (χ3n) is 2.32. The number of imidazole rings is 1. The maximum Gasteiger partial charge on any atom is 0.340 e. The predicted molar refractivity (Wildman–Crippen MR) is 63.0 cm³/mol. The van der Waals surface area contributed by atoms with Gasteiger partial charge in [-0.25, -0.2) is 22.9 Å². The third kappa shape index (κ3) is 2.98. The lowest BCUT2D eigenvalue weighted by Gasteiger charge is -2.06. The Labute approximate surface area is 108 Å². The number of carboxylic acid groups (broad SMARTS) is 1. The van der Waals surface area contributed by atoms with Crippen molar-refractivity contribution in [3.8, 4) is 0 Å². The first-order chi connectivity index (χ1) is 9.00. The molecule has 0 spiro atoms. The van der Waals surface area contributed by atoms with Gasteiger partial charge in [-0.2, -0.15) is 5.10 Å². The molecule has 0 bridgehead atoms. The second-order valence-corrected chi connectivity index (χ2v) is 5.32. The van der Waals surface area contributed by atoms with E-state index in [1.54, 1.807) is 23.3 Å². The van der Waals surface area contributed by atoms with Gasteiger partial charge in [-0.05, 0) is 0 Å². The molecular weight excluding hydrogens is 274 g/mol. The number of hydrogen-bond donors (Lipinski definition) is 3. The Morgan fingerprint density at radius 2 is 2.32 bits per heavy atom. The highest BCUT2D eigenvalue weighted by Gasteiger charge is 2.24. The molecule has 0 atom stereocenters. The number of sulfonamides is 1. The van der Waals surface area contributed by atoms with Crippen molar-refractivity contribution in [3.63, 3.8) is 0 Å². The highest BCUT2D eigenvalue weighted by molar-refractivity contribution is 7.89. The van der Waals surface area contributed by atoms with Crippen molar-refractivity contribution >= 4 is 16.0 Å². The molecule has 9 nitrogen and oxygen atoms in total. The summed E-state index contributed by atoms with van der Waals surface area (Å²) in [5.41, 5.74) is -0.393. The first-order valence-corrected chi connectivity index (χ1v) is 6.71. The van der Waals surface area contributed by atoms with Crippen molar-refractivity contribution in [1.82, 2.24) is 24.5 Å². The van der Waals surface area contributed by atoms with Gasteiger partial charge in [0.1, 0.15) is 5.56 Å². The van der Waals surface area contributed by atoms with Crippen LogP contribution in [0.15, 0.2) is 29.9 Å². The molecular formula is C9H11N5O4S. The fraction of sp³-hybridized carbons (Fsp3) is 0.222. The van der Waals surface area contributed by atoms with Gasteiger partial charge in [0.2, 0.25) is 0 Å². The van der Waals surface area contributed by atoms with E-state index in [0.717, 1.165) is 6.20 Å². The van der Waals surface area contributed by atoms with Crippen LogP contribution in [0, 0.1) is 0 Å². The van der Waals surface area contributed by atoms with Gasteiger partial charge in [-0.15, -0.1) is 0 Å². The number of aromatic carboxylic acids is 1. The minimum absolute atomic E-state index is 0.108. The summed E-state index contributed by atoms with van der Waals surface area (Å²) in [4.78, 5) is 14.6. The maximum atomic E-state index is 11.9. The summed E-state index contributed by atoms with van der Waals surface area (Å²) >= 11 is 0. The standard InChI is InChI=1S/C9H11N5O4S/c15-9(16)7-5-11-13-8(7)19(17,18)12-2-4-14-3-1-10-6-14/h1,3,5-6,12H,2,4H2,(H,11,13)(H,15,16). The summed E-state index contributed by atoms with van der Waals surface area (Å²) in [6.45, 7) is 0.493. The molecule has 19 heavy (non-hydrogen) atoms. The van der Waals surface area contributed by atoms with E-state index >= 15 is 0 Å². The molecule has 0 aliphatic heterocycles. The van der Waals surface area contributed by atoms with Crippen molar-refractivity contribution in [3.05, 3.63) is 30.5 Å². The Kier molecular flexibility index (Phi) is 3.62. The molecule has 0 amide bonds. The minimum atomic E-state index is -3.93. The maximum absolute atomic E-state index is 11.9. The van der Waals surface area contributed by atoms with Gasteiger partial charge in [0.25, 0.3) is 10.0 Å². The molecule has 0 saturated heterocycles. The summed E-state index contributed by atoms with van der Waals surface area (Å²) in [6.07, 6.45) is 5.76. The summed E-state index contributed by atoms with van der Waals surface area (Å²) in [6, 6.07) is 0. The quantitative estimate of drug-likeness (QED) is 0.642. The molecule has 2 aromatic heterocycles. The van der Waals surface area contributed by atoms with Gasteiger partial charge < -0.3 is 9.67 Å². The lowest BCUT2D eigenvalue weighted by Crippen LogP contribution is -2.28. The summed E-state index contributed by atoms with van der Waals surface area (Å²) in [5, 5.41) is 14.0. The molecule has 0 unspecified atom stereocenters. The molecule has 2 aromatic rings. The van der Waals surface area contributed by atoms with Crippen molar-refractivity contribution in [2.45, 2.75) is 11.6 Å². The molecule has 0 aromatic carbocycles.